The fourth-order valence-corrected chi connectivity index (χ4v) is 3.21. The molecule has 5 heteroatoms. The molecule has 2 heterocycles. The Morgan fingerprint density at radius 1 is 1.40 bits per heavy atom. The summed E-state index contributed by atoms with van der Waals surface area (Å²) in [7, 11) is -3.09. The largest absolute Gasteiger partial charge is 0.265 e. The van der Waals surface area contributed by atoms with E-state index < -0.39 is 10.0 Å². The molecule has 82 valence electrons. The summed E-state index contributed by atoms with van der Waals surface area (Å²) >= 11 is 0. The molecule has 0 unspecified atom stereocenters. The molecule has 0 N–H and O–H groups in total. The molecule has 0 spiro atoms. The monoisotopic (exact) mass is 226 g/mol. The van der Waals surface area contributed by atoms with E-state index in [1.807, 2.05) is 12.1 Å². The average molecular weight is 226 g/mol. The van der Waals surface area contributed by atoms with Crippen LogP contribution in [0.2, 0.25) is 0 Å². The fraction of sp³-hybridized carbons (Fsp3) is 0.500. The van der Waals surface area contributed by atoms with Gasteiger partial charge in [0.25, 0.3) is 0 Å². The Labute approximate surface area is 90.0 Å². The van der Waals surface area contributed by atoms with Crippen molar-refractivity contribution in [1.29, 1.82) is 0 Å². The number of pyridine rings is 1. The molecule has 4 nitrogen and oxygen atoms in total. The van der Waals surface area contributed by atoms with Crippen molar-refractivity contribution in [2.75, 3.05) is 12.8 Å². The van der Waals surface area contributed by atoms with Crippen molar-refractivity contribution in [1.82, 2.24) is 9.29 Å². The van der Waals surface area contributed by atoms with Crippen LogP contribution in [0, 0.1) is 0 Å². The van der Waals surface area contributed by atoms with E-state index >= 15 is 0 Å². The quantitative estimate of drug-likeness (QED) is 0.760. The van der Waals surface area contributed by atoms with Gasteiger partial charge in [-0.25, -0.2) is 8.42 Å². The van der Waals surface area contributed by atoms with Crippen LogP contribution in [0.3, 0.4) is 0 Å². The molecule has 0 saturated carbocycles. The maximum Gasteiger partial charge on any atom is 0.211 e. The fourth-order valence-electron chi connectivity index (χ4n) is 2.06. The molecular weight excluding hydrogens is 212 g/mol. The van der Waals surface area contributed by atoms with Gasteiger partial charge in [0.15, 0.2) is 0 Å². The van der Waals surface area contributed by atoms with E-state index in [9.17, 15) is 8.42 Å². The third-order valence-electron chi connectivity index (χ3n) is 2.72. The Morgan fingerprint density at radius 2 is 2.07 bits per heavy atom. The van der Waals surface area contributed by atoms with E-state index in [4.69, 9.17) is 0 Å². The van der Waals surface area contributed by atoms with Crippen LogP contribution >= 0.6 is 0 Å². The summed E-state index contributed by atoms with van der Waals surface area (Å²) in [5.41, 5.74) is 1.04. The highest BCUT2D eigenvalue weighted by atomic mass is 32.2. The minimum Gasteiger partial charge on any atom is -0.265 e. The molecule has 1 atom stereocenters. The third kappa shape index (κ3) is 2.18. The summed E-state index contributed by atoms with van der Waals surface area (Å²) in [5.74, 6) is 0. The van der Waals surface area contributed by atoms with Gasteiger partial charge in [-0.3, -0.25) is 4.98 Å². The first-order valence-electron chi connectivity index (χ1n) is 4.96. The lowest BCUT2D eigenvalue weighted by Crippen LogP contribution is -2.29. The van der Waals surface area contributed by atoms with Gasteiger partial charge in [-0.05, 0) is 30.5 Å². The van der Waals surface area contributed by atoms with Crippen molar-refractivity contribution in [3.63, 3.8) is 0 Å². The predicted octanol–water partition coefficient (Wildman–Crippen LogP) is 1.18. The van der Waals surface area contributed by atoms with Crippen molar-refractivity contribution in [3.05, 3.63) is 30.1 Å². The number of rotatable bonds is 2. The van der Waals surface area contributed by atoms with Crippen LogP contribution in [-0.4, -0.2) is 30.5 Å². The standard InChI is InChI=1S/C10H14N2O2S/c1-15(13,14)12-8-2-3-10(12)9-4-6-11-7-5-9/h4-7,10H,2-3,8H2,1H3/t10-/m0/s1. The van der Waals surface area contributed by atoms with E-state index in [1.54, 1.807) is 16.7 Å². The second-order valence-corrected chi connectivity index (χ2v) is 5.75. The number of sulfonamides is 1. The SMILES string of the molecule is CS(=O)(=O)N1CCC[C@H]1c1ccncc1. The van der Waals surface area contributed by atoms with Crippen molar-refractivity contribution < 1.29 is 8.42 Å². The van der Waals surface area contributed by atoms with Gasteiger partial charge in [0.05, 0.1) is 6.26 Å². The second-order valence-electron chi connectivity index (χ2n) is 3.81. The number of hydrogen-bond donors (Lipinski definition) is 0. The van der Waals surface area contributed by atoms with Crippen LogP contribution in [0.4, 0.5) is 0 Å². The zero-order valence-corrected chi connectivity index (χ0v) is 9.44. The van der Waals surface area contributed by atoms with Crippen molar-refractivity contribution in [2.45, 2.75) is 18.9 Å². The molecule has 1 aromatic heterocycles. The van der Waals surface area contributed by atoms with Gasteiger partial charge in [-0.1, -0.05) is 0 Å². The Morgan fingerprint density at radius 3 is 2.67 bits per heavy atom. The third-order valence-corrected chi connectivity index (χ3v) is 4.01. The zero-order valence-electron chi connectivity index (χ0n) is 8.63. The number of aromatic nitrogens is 1. The van der Waals surface area contributed by atoms with E-state index in [0.717, 1.165) is 18.4 Å². The van der Waals surface area contributed by atoms with Gasteiger partial charge in [0.1, 0.15) is 0 Å². The number of nitrogens with zero attached hydrogens (tertiary/aromatic N) is 2. The van der Waals surface area contributed by atoms with Crippen molar-refractivity contribution >= 4 is 10.0 Å². The summed E-state index contributed by atoms with van der Waals surface area (Å²) in [6.07, 6.45) is 6.51. The molecule has 1 fully saturated rings. The first-order chi connectivity index (χ1) is 7.09. The molecule has 1 aliphatic heterocycles. The van der Waals surface area contributed by atoms with Gasteiger partial charge in [-0.2, -0.15) is 4.31 Å². The predicted molar refractivity (Wildman–Crippen MR) is 57.8 cm³/mol. The van der Waals surface area contributed by atoms with Crippen LogP contribution in [0.25, 0.3) is 0 Å². The summed E-state index contributed by atoms with van der Waals surface area (Å²) in [6.45, 7) is 0.631. The first-order valence-corrected chi connectivity index (χ1v) is 6.80. The highest BCUT2D eigenvalue weighted by molar-refractivity contribution is 7.88. The molecule has 1 aliphatic rings. The van der Waals surface area contributed by atoms with Crippen LogP contribution in [0.15, 0.2) is 24.5 Å². The lowest BCUT2D eigenvalue weighted by Gasteiger charge is -2.22. The molecule has 0 aromatic carbocycles. The maximum atomic E-state index is 11.5. The minimum atomic E-state index is -3.09. The zero-order chi connectivity index (χ0) is 10.9. The maximum absolute atomic E-state index is 11.5. The second kappa shape index (κ2) is 3.90. The normalized spacial score (nSPS) is 23.1. The number of hydrogen-bond acceptors (Lipinski definition) is 3. The van der Waals surface area contributed by atoms with E-state index in [2.05, 4.69) is 4.98 Å². The van der Waals surface area contributed by atoms with E-state index in [-0.39, 0.29) is 6.04 Å². The Balaban J connectivity index is 2.30. The van der Waals surface area contributed by atoms with Gasteiger partial charge >= 0.3 is 0 Å². The van der Waals surface area contributed by atoms with Crippen LogP contribution in [0.5, 0.6) is 0 Å². The average Bonchev–Trinajstić information content (AvgIpc) is 2.67. The molecule has 0 aliphatic carbocycles. The summed E-state index contributed by atoms with van der Waals surface area (Å²) in [6, 6.07) is 3.77. The van der Waals surface area contributed by atoms with Crippen LogP contribution < -0.4 is 0 Å². The minimum absolute atomic E-state index is 0.00278. The topological polar surface area (TPSA) is 50.3 Å². The molecule has 0 radical (unpaired) electrons. The molecule has 15 heavy (non-hydrogen) atoms. The van der Waals surface area contributed by atoms with Gasteiger partial charge in [0.2, 0.25) is 10.0 Å². The van der Waals surface area contributed by atoms with Crippen LogP contribution in [-0.2, 0) is 10.0 Å². The van der Waals surface area contributed by atoms with Gasteiger partial charge < -0.3 is 0 Å². The molecule has 1 saturated heterocycles. The van der Waals surface area contributed by atoms with Crippen molar-refractivity contribution in [2.24, 2.45) is 0 Å². The van der Waals surface area contributed by atoms with Gasteiger partial charge in [0, 0.05) is 25.0 Å². The lowest BCUT2D eigenvalue weighted by atomic mass is 10.1. The molecule has 0 bridgehead atoms. The van der Waals surface area contributed by atoms with Crippen molar-refractivity contribution in [3.8, 4) is 0 Å². The van der Waals surface area contributed by atoms with E-state index in [0.29, 0.717) is 6.54 Å². The Bertz CT molecular complexity index is 430. The Kier molecular flexibility index (Phi) is 2.75. The van der Waals surface area contributed by atoms with E-state index in [1.165, 1.54) is 6.26 Å². The Hall–Kier alpha value is -0.940. The summed E-state index contributed by atoms with van der Waals surface area (Å²) in [5, 5.41) is 0. The lowest BCUT2D eigenvalue weighted by molar-refractivity contribution is 0.400. The summed E-state index contributed by atoms with van der Waals surface area (Å²) < 4.78 is 24.6. The molecule has 2 rings (SSSR count). The molecular formula is C10H14N2O2S. The molecule has 1 aromatic rings. The van der Waals surface area contributed by atoms with Gasteiger partial charge in [-0.15, -0.1) is 0 Å². The smallest absolute Gasteiger partial charge is 0.211 e. The first kappa shape index (κ1) is 10.6. The van der Waals surface area contributed by atoms with Crippen LogP contribution in [0.1, 0.15) is 24.4 Å². The highest BCUT2D eigenvalue weighted by Crippen LogP contribution is 2.33. The highest BCUT2D eigenvalue weighted by Gasteiger charge is 2.32. The molecule has 0 amide bonds. The summed E-state index contributed by atoms with van der Waals surface area (Å²) in [4.78, 5) is 3.94.